The molecule has 9 nitrogen and oxygen atoms in total. The zero-order chi connectivity index (χ0) is 17.6. The number of nitrogens with one attached hydrogen (secondary N) is 3. The van der Waals surface area contributed by atoms with Crippen LogP contribution in [0.25, 0.3) is 11.2 Å². The largest absolute Gasteiger partial charge is 0.453 e. The van der Waals surface area contributed by atoms with Gasteiger partial charge in [0.05, 0.1) is 13.3 Å². The Bertz CT molecular complexity index is 738. The Morgan fingerprint density at radius 2 is 2.20 bits per heavy atom. The van der Waals surface area contributed by atoms with Crippen molar-refractivity contribution in [1.29, 1.82) is 0 Å². The molecule has 25 heavy (non-hydrogen) atoms. The molecule has 1 aliphatic heterocycles. The summed E-state index contributed by atoms with van der Waals surface area (Å²) in [6.07, 6.45) is 5.73. The molecule has 134 valence electrons. The number of methoxy groups -OCH3 is 1. The number of rotatable bonds is 4. The minimum Gasteiger partial charge on any atom is -0.453 e. The van der Waals surface area contributed by atoms with Gasteiger partial charge in [-0.1, -0.05) is 0 Å². The number of ether oxygens (including phenoxy) is 1. The quantitative estimate of drug-likeness (QED) is 0.783. The Morgan fingerprint density at radius 1 is 1.40 bits per heavy atom. The van der Waals surface area contributed by atoms with Gasteiger partial charge >= 0.3 is 12.1 Å². The average molecular weight is 346 g/mol. The van der Waals surface area contributed by atoms with E-state index in [-0.39, 0.29) is 12.1 Å². The molecule has 0 unspecified atom stereocenters. The Hall–Kier alpha value is -2.84. The van der Waals surface area contributed by atoms with E-state index >= 15 is 0 Å². The van der Waals surface area contributed by atoms with Gasteiger partial charge in [-0.05, 0) is 31.2 Å². The second-order valence-electron chi connectivity index (χ2n) is 6.04. The molecule has 3 N–H and O–H groups in total. The van der Waals surface area contributed by atoms with Crippen LogP contribution in [0.4, 0.5) is 15.4 Å². The van der Waals surface area contributed by atoms with Crippen molar-refractivity contribution in [1.82, 2.24) is 25.2 Å². The number of fused-ring (bicyclic) bond motifs is 1. The first-order valence-corrected chi connectivity index (χ1v) is 8.33. The molecule has 1 saturated heterocycles. The smallest absolute Gasteiger partial charge is 0.409 e. The maximum Gasteiger partial charge on any atom is 0.409 e. The molecule has 3 rings (SSSR count). The number of likely N-dealkylation sites (tertiary alicyclic amines) is 1. The lowest BCUT2D eigenvalue weighted by atomic mass is 9.94. The van der Waals surface area contributed by atoms with Crippen molar-refractivity contribution in [2.24, 2.45) is 5.92 Å². The number of H-pyrrole nitrogens is 1. The van der Waals surface area contributed by atoms with Crippen molar-refractivity contribution in [3.63, 3.8) is 0 Å². The molecule has 9 heteroatoms. The molecule has 0 aliphatic carbocycles. The minimum atomic E-state index is -0.295. The number of carbonyl (C=O) groups is 2. The lowest BCUT2D eigenvalue weighted by Gasteiger charge is -2.30. The predicted molar refractivity (Wildman–Crippen MR) is 92.2 cm³/mol. The van der Waals surface area contributed by atoms with E-state index in [9.17, 15) is 9.59 Å². The van der Waals surface area contributed by atoms with Crippen LogP contribution in [0.5, 0.6) is 0 Å². The Kier molecular flexibility index (Phi) is 5.32. The SMILES string of the molecule is COC(=O)N1CCC(CCNC(=O)Nc2cnc3[nH]ccc3n2)CC1. The second kappa shape index (κ2) is 7.82. The molecular formula is C16H22N6O3. The molecule has 2 aromatic rings. The van der Waals surface area contributed by atoms with Gasteiger partial charge in [-0.15, -0.1) is 0 Å². The van der Waals surface area contributed by atoms with Crippen LogP contribution in [-0.4, -0.2) is 58.7 Å². The maximum atomic E-state index is 11.9. The summed E-state index contributed by atoms with van der Waals surface area (Å²) in [5.41, 5.74) is 1.39. The Balaban J connectivity index is 1.37. The van der Waals surface area contributed by atoms with E-state index in [1.165, 1.54) is 13.3 Å². The van der Waals surface area contributed by atoms with E-state index < -0.39 is 0 Å². The van der Waals surface area contributed by atoms with E-state index in [0.717, 1.165) is 19.3 Å². The zero-order valence-electron chi connectivity index (χ0n) is 14.1. The lowest BCUT2D eigenvalue weighted by Crippen LogP contribution is -2.39. The predicted octanol–water partition coefficient (Wildman–Crippen LogP) is 1.95. The van der Waals surface area contributed by atoms with Crippen LogP contribution in [0.3, 0.4) is 0 Å². The standard InChI is InChI=1S/C16H22N6O3/c1-25-16(24)22-8-4-11(5-9-22)2-6-18-15(23)21-13-10-19-14-12(20-13)3-7-17-14/h3,7,10-11H,2,4-6,8-9H2,1H3,(H,17,19)(H2,18,20,21,23). The molecule has 1 fully saturated rings. The molecule has 0 spiro atoms. The van der Waals surface area contributed by atoms with Crippen LogP contribution < -0.4 is 10.6 Å². The second-order valence-corrected chi connectivity index (χ2v) is 6.04. The Labute approximate surface area is 145 Å². The van der Waals surface area contributed by atoms with Gasteiger partial charge in [-0.2, -0.15) is 0 Å². The van der Waals surface area contributed by atoms with Crippen LogP contribution in [0.15, 0.2) is 18.5 Å². The molecule has 0 bridgehead atoms. The molecule has 0 aromatic carbocycles. The summed E-state index contributed by atoms with van der Waals surface area (Å²) in [7, 11) is 1.40. The van der Waals surface area contributed by atoms with E-state index in [1.807, 2.05) is 0 Å². The third kappa shape index (κ3) is 4.37. The van der Waals surface area contributed by atoms with Crippen molar-refractivity contribution in [3.05, 3.63) is 18.5 Å². The highest BCUT2D eigenvalue weighted by Crippen LogP contribution is 2.20. The summed E-state index contributed by atoms with van der Waals surface area (Å²) in [5, 5.41) is 5.52. The van der Waals surface area contributed by atoms with Gasteiger partial charge in [0, 0.05) is 25.8 Å². The van der Waals surface area contributed by atoms with E-state index in [1.54, 1.807) is 17.2 Å². The number of aromatic nitrogens is 3. The molecule has 3 amide bonds. The summed E-state index contributed by atoms with van der Waals surface area (Å²) in [6, 6.07) is 1.50. The molecule has 0 radical (unpaired) electrons. The third-order valence-electron chi connectivity index (χ3n) is 4.39. The van der Waals surface area contributed by atoms with Crippen molar-refractivity contribution in [2.45, 2.75) is 19.3 Å². The van der Waals surface area contributed by atoms with Gasteiger partial charge < -0.3 is 19.9 Å². The maximum absolute atomic E-state index is 11.9. The molecule has 0 saturated carbocycles. The topological polar surface area (TPSA) is 112 Å². The number of aromatic amines is 1. The highest BCUT2D eigenvalue weighted by Gasteiger charge is 2.22. The van der Waals surface area contributed by atoms with Gasteiger partial charge in [0.15, 0.2) is 11.5 Å². The number of amides is 3. The van der Waals surface area contributed by atoms with Crippen molar-refractivity contribution in [3.8, 4) is 0 Å². The molecule has 0 atom stereocenters. The van der Waals surface area contributed by atoms with E-state index in [4.69, 9.17) is 4.74 Å². The van der Waals surface area contributed by atoms with Gasteiger partial charge in [0.25, 0.3) is 0 Å². The van der Waals surface area contributed by atoms with Gasteiger partial charge in [0.1, 0.15) is 5.52 Å². The van der Waals surface area contributed by atoms with Crippen molar-refractivity contribution >= 4 is 29.1 Å². The number of urea groups is 1. The number of carbonyl (C=O) groups excluding carboxylic acids is 2. The normalized spacial score (nSPS) is 15.2. The van der Waals surface area contributed by atoms with E-state index in [0.29, 0.717) is 42.5 Å². The van der Waals surface area contributed by atoms with E-state index in [2.05, 4.69) is 25.6 Å². The minimum absolute atomic E-state index is 0.267. The first-order valence-electron chi connectivity index (χ1n) is 8.33. The first kappa shape index (κ1) is 17.0. The van der Waals surface area contributed by atoms with Crippen LogP contribution in [-0.2, 0) is 4.74 Å². The van der Waals surface area contributed by atoms with Gasteiger partial charge in [-0.3, -0.25) is 5.32 Å². The summed E-state index contributed by atoms with van der Waals surface area (Å²) in [4.78, 5) is 36.5. The first-order chi connectivity index (χ1) is 12.2. The lowest BCUT2D eigenvalue weighted by molar-refractivity contribution is 0.105. The third-order valence-corrected chi connectivity index (χ3v) is 4.39. The summed E-state index contributed by atoms with van der Waals surface area (Å²) >= 11 is 0. The number of hydrogen-bond acceptors (Lipinski definition) is 5. The fourth-order valence-corrected chi connectivity index (χ4v) is 2.97. The monoisotopic (exact) mass is 346 g/mol. The van der Waals surface area contributed by atoms with Crippen LogP contribution in [0.2, 0.25) is 0 Å². The zero-order valence-corrected chi connectivity index (χ0v) is 14.1. The summed E-state index contributed by atoms with van der Waals surface area (Å²) < 4.78 is 4.72. The van der Waals surface area contributed by atoms with Gasteiger partial charge in [0.2, 0.25) is 0 Å². The van der Waals surface area contributed by atoms with Crippen molar-refractivity contribution in [2.75, 3.05) is 32.1 Å². The molecule has 2 aromatic heterocycles. The van der Waals surface area contributed by atoms with Gasteiger partial charge in [-0.25, -0.2) is 19.6 Å². The number of piperidine rings is 1. The summed E-state index contributed by atoms with van der Waals surface area (Å²) in [6.45, 7) is 1.99. The number of nitrogens with zero attached hydrogens (tertiary/aromatic N) is 3. The Morgan fingerprint density at radius 3 is 2.96 bits per heavy atom. The fourth-order valence-electron chi connectivity index (χ4n) is 2.97. The average Bonchev–Trinajstić information content (AvgIpc) is 3.09. The number of anilines is 1. The highest BCUT2D eigenvalue weighted by atomic mass is 16.5. The number of hydrogen-bond donors (Lipinski definition) is 3. The fraction of sp³-hybridized carbons (Fsp3) is 0.500. The summed E-state index contributed by atoms with van der Waals surface area (Å²) in [5.74, 6) is 0.910. The van der Waals surface area contributed by atoms with Crippen LogP contribution in [0, 0.1) is 5.92 Å². The van der Waals surface area contributed by atoms with Crippen LogP contribution >= 0.6 is 0 Å². The molecule has 3 heterocycles. The molecule has 1 aliphatic rings. The highest BCUT2D eigenvalue weighted by molar-refractivity contribution is 5.89. The van der Waals surface area contributed by atoms with Crippen LogP contribution in [0.1, 0.15) is 19.3 Å². The van der Waals surface area contributed by atoms with Crippen molar-refractivity contribution < 1.29 is 14.3 Å². The molecular weight excluding hydrogens is 324 g/mol.